The first-order chi connectivity index (χ1) is 15.9. The SMILES string of the molecule is COC(=O)Cc1cccc(C2=C(C3CCCCC3)CCN(S(=O)(=O)c3ccc(F)cc3)C2)c1. The maximum absolute atomic E-state index is 13.4. The highest BCUT2D eigenvalue weighted by Gasteiger charge is 2.33. The number of halogens is 1. The number of carbonyl (C=O) groups excluding carboxylic acids is 1. The van der Waals surface area contributed by atoms with Gasteiger partial charge >= 0.3 is 5.97 Å². The number of rotatable bonds is 6. The molecule has 4 rings (SSSR count). The van der Waals surface area contributed by atoms with Crippen LogP contribution in [0.15, 0.2) is 59.0 Å². The molecule has 2 aromatic carbocycles. The molecule has 2 aliphatic rings. The first kappa shape index (κ1) is 23.6. The Morgan fingerprint density at radius 1 is 1.09 bits per heavy atom. The van der Waals surface area contributed by atoms with E-state index in [1.165, 1.54) is 60.5 Å². The third-order valence-corrected chi connectivity index (χ3v) is 8.61. The Morgan fingerprint density at radius 3 is 2.52 bits per heavy atom. The van der Waals surface area contributed by atoms with Crippen LogP contribution in [0.3, 0.4) is 0 Å². The van der Waals surface area contributed by atoms with E-state index in [0.717, 1.165) is 29.5 Å². The molecule has 176 valence electrons. The van der Waals surface area contributed by atoms with Crippen LogP contribution in [0.4, 0.5) is 4.39 Å². The molecule has 0 saturated heterocycles. The predicted octanol–water partition coefficient (Wildman–Crippen LogP) is 4.97. The lowest BCUT2D eigenvalue weighted by Gasteiger charge is -2.35. The second-order valence-corrected chi connectivity index (χ2v) is 10.8. The lowest BCUT2D eigenvalue weighted by atomic mass is 9.78. The number of hydrogen-bond donors (Lipinski definition) is 0. The van der Waals surface area contributed by atoms with E-state index in [0.29, 0.717) is 18.9 Å². The van der Waals surface area contributed by atoms with Crippen LogP contribution in [-0.2, 0) is 26.0 Å². The lowest BCUT2D eigenvalue weighted by molar-refractivity contribution is -0.139. The molecule has 0 radical (unpaired) electrons. The summed E-state index contributed by atoms with van der Waals surface area (Å²) < 4.78 is 46.3. The summed E-state index contributed by atoms with van der Waals surface area (Å²) in [7, 11) is -2.38. The highest BCUT2D eigenvalue weighted by molar-refractivity contribution is 7.89. The molecular formula is C26H30FNO4S. The van der Waals surface area contributed by atoms with Gasteiger partial charge in [0.2, 0.25) is 10.0 Å². The molecule has 33 heavy (non-hydrogen) atoms. The zero-order valence-corrected chi connectivity index (χ0v) is 19.7. The Bertz CT molecular complexity index is 1140. The minimum Gasteiger partial charge on any atom is -0.469 e. The quantitative estimate of drug-likeness (QED) is 0.558. The highest BCUT2D eigenvalue weighted by atomic mass is 32.2. The summed E-state index contributed by atoms with van der Waals surface area (Å²) in [6.07, 6.45) is 6.76. The Kier molecular flexibility index (Phi) is 7.29. The van der Waals surface area contributed by atoms with Crippen LogP contribution in [0.2, 0.25) is 0 Å². The summed E-state index contributed by atoms with van der Waals surface area (Å²) in [4.78, 5) is 11.9. The van der Waals surface area contributed by atoms with E-state index in [4.69, 9.17) is 4.74 Å². The van der Waals surface area contributed by atoms with E-state index in [1.54, 1.807) is 0 Å². The maximum atomic E-state index is 13.4. The highest BCUT2D eigenvalue weighted by Crippen LogP contribution is 2.39. The van der Waals surface area contributed by atoms with Gasteiger partial charge in [0.15, 0.2) is 0 Å². The van der Waals surface area contributed by atoms with Crippen LogP contribution in [0.1, 0.15) is 49.7 Å². The summed E-state index contributed by atoms with van der Waals surface area (Å²) in [5, 5.41) is 0. The average molecular weight is 472 g/mol. The minimum atomic E-state index is -3.75. The minimum absolute atomic E-state index is 0.101. The predicted molar refractivity (Wildman–Crippen MR) is 125 cm³/mol. The number of carbonyl (C=O) groups is 1. The number of hydrogen-bond acceptors (Lipinski definition) is 4. The molecule has 0 aromatic heterocycles. The standard InChI is InChI=1S/C26H30FNO4S/c1-32-26(29)17-19-6-5-9-21(16-19)25-18-28(15-14-24(25)20-7-3-2-4-8-20)33(30,31)23-12-10-22(27)11-13-23/h5-6,9-13,16,20H,2-4,7-8,14-15,17-18H2,1H3. The summed E-state index contributed by atoms with van der Waals surface area (Å²) in [6.45, 7) is 0.685. The molecule has 1 aliphatic carbocycles. The largest absolute Gasteiger partial charge is 0.469 e. The van der Waals surface area contributed by atoms with E-state index < -0.39 is 15.8 Å². The van der Waals surface area contributed by atoms with Crippen LogP contribution in [0.25, 0.3) is 5.57 Å². The van der Waals surface area contributed by atoms with Crippen LogP contribution >= 0.6 is 0 Å². The first-order valence-electron chi connectivity index (χ1n) is 11.5. The number of nitrogens with zero attached hydrogens (tertiary/aromatic N) is 1. The van der Waals surface area contributed by atoms with Gasteiger partial charge < -0.3 is 4.74 Å². The van der Waals surface area contributed by atoms with Gasteiger partial charge in [-0.1, -0.05) is 49.1 Å². The molecule has 0 N–H and O–H groups in total. The Hall–Kier alpha value is -2.51. The van der Waals surface area contributed by atoms with Crippen molar-refractivity contribution in [1.82, 2.24) is 4.31 Å². The number of benzene rings is 2. The molecule has 5 nitrogen and oxygen atoms in total. The monoisotopic (exact) mass is 471 g/mol. The summed E-state index contributed by atoms with van der Waals surface area (Å²) in [5.41, 5.74) is 4.17. The van der Waals surface area contributed by atoms with Crippen molar-refractivity contribution in [3.63, 3.8) is 0 Å². The summed E-state index contributed by atoms with van der Waals surface area (Å²) in [5.74, 6) is -0.304. The molecule has 0 amide bonds. The molecule has 1 heterocycles. The summed E-state index contributed by atoms with van der Waals surface area (Å²) >= 11 is 0. The molecule has 1 fully saturated rings. The van der Waals surface area contributed by atoms with Gasteiger partial charge in [0.1, 0.15) is 5.82 Å². The average Bonchev–Trinajstić information content (AvgIpc) is 2.84. The molecular weight excluding hydrogens is 441 g/mol. The molecule has 0 atom stereocenters. The van der Waals surface area contributed by atoms with E-state index in [-0.39, 0.29) is 23.8 Å². The molecule has 1 aliphatic heterocycles. The van der Waals surface area contributed by atoms with Gasteiger partial charge in [0, 0.05) is 13.1 Å². The normalized spacial score (nSPS) is 18.4. The van der Waals surface area contributed by atoms with Crippen LogP contribution < -0.4 is 0 Å². The van der Waals surface area contributed by atoms with Gasteiger partial charge in [-0.15, -0.1) is 0 Å². The first-order valence-corrected chi connectivity index (χ1v) is 13.0. The molecule has 0 spiro atoms. The van der Waals surface area contributed by atoms with Crippen LogP contribution in [0, 0.1) is 11.7 Å². The maximum Gasteiger partial charge on any atom is 0.309 e. The Morgan fingerprint density at radius 2 is 1.82 bits per heavy atom. The fourth-order valence-electron chi connectivity index (χ4n) is 5.00. The van der Waals surface area contributed by atoms with Crippen molar-refractivity contribution in [2.24, 2.45) is 5.92 Å². The van der Waals surface area contributed by atoms with Crippen molar-refractivity contribution in [2.75, 3.05) is 20.2 Å². The van der Waals surface area contributed by atoms with Gasteiger partial charge in [0.05, 0.1) is 18.4 Å². The number of sulfonamides is 1. The molecule has 2 aromatic rings. The zero-order valence-electron chi connectivity index (χ0n) is 18.9. The van der Waals surface area contributed by atoms with Gasteiger partial charge in [0.25, 0.3) is 0 Å². The lowest BCUT2D eigenvalue weighted by Crippen LogP contribution is -2.37. The van der Waals surface area contributed by atoms with Crippen molar-refractivity contribution in [1.29, 1.82) is 0 Å². The van der Waals surface area contributed by atoms with Gasteiger partial charge in [-0.2, -0.15) is 4.31 Å². The van der Waals surface area contributed by atoms with E-state index >= 15 is 0 Å². The van der Waals surface area contributed by atoms with Gasteiger partial charge in [-0.25, -0.2) is 12.8 Å². The molecule has 7 heteroatoms. The van der Waals surface area contributed by atoms with Crippen molar-refractivity contribution in [2.45, 2.75) is 49.8 Å². The van der Waals surface area contributed by atoms with Crippen molar-refractivity contribution < 1.29 is 22.3 Å². The topological polar surface area (TPSA) is 63.7 Å². The van der Waals surface area contributed by atoms with Crippen molar-refractivity contribution in [3.05, 3.63) is 71.0 Å². The third-order valence-electron chi connectivity index (χ3n) is 6.75. The Balaban J connectivity index is 1.70. The zero-order chi connectivity index (χ0) is 23.4. The smallest absolute Gasteiger partial charge is 0.309 e. The fourth-order valence-corrected chi connectivity index (χ4v) is 6.41. The van der Waals surface area contributed by atoms with Crippen LogP contribution in [-0.4, -0.2) is 38.9 Å². The number of esters is 1. The Labute approximate surface area is 195 Å². The van der Waals surface area contributed by atoms with Crippen molar-refractivity contribution in [3.8, 4) is 0 Å². The second kappa shape index (κ2) is 10.2. The molecule has 0 unspecified atom stereocenters. The van der Waals surface area contributed by atoms with E-state index in [9.17, 15) is 17.6 Å². The second-order valence-electron chi connectivity index (χ2n) is 8.83. The van der Waals surface area contributed by atoms with E-state index in [1.807, 2.05) is 24.3 Å². The van der Waals surface area contributed by atoms with Crippen molar-refractivity contribution >= 4 is 21.6 Å². The van der Waals surface area contributed by atoms with Crippen LogP contribution in [0.5, 0.6) is 0 Å². The van der Waals surface area contributed by atoms with E-state index in [2.05, 4.69) is 0 Å². The van der Waals surface area contributed by atoms with Gasteiger partial charge in [-0.05, 0) is 66.1 Å². The molecule has 1 saturated carbocycles. The summed E-state index contributed by atoms with van der Waals surface area (Å²) in [6, 6.07) is 12.8. The fraction of sp³-hybridized carbons (Fsp3) is 0.423. The number of methoxy groups -OCH3 is 1. The van der Waals surface area contributed by atoms with Gasteiger partial charge in [-0.3, -0.25) is 4.79 Å². The molecule has 0 bridgehead atoms. The number of ether oxygens (including phenoxy) is 1. The third kappa shape index (κ3) is 5.36.